The molecule has 7 heteroatoms. The Hall–Kier alpha value is -3.42. The minimum atomic E-state index is -0.639. The second-order valence-electron chi connectivity index (χ2n) is 6.83. The predicted molar refractivity (Wildman–Crippen MR) is 105 cm³/mol. The van der Waals surface area contributed by atoms with Crippen LogP contribution < -0.4 is 11.1 Å². The average Bonchev–Trinajstić information content (AvgIpc) is 3.04. The number of nitrogens with one attached hydrogen (secondary N) is 1. The Morgan fingerprint density at radius 2 is 1.81 bits per heavy atom. The van der Waals surface area contributed by atoms with Gasteiger partial charge in [-0.25, -0.2) is 0 Å². The summed E-state index contributed by atoms with van der Waals surface area (Å²) in [6.45, 7) is 5.96. The molecule has 0 saturated heterocycles. The minimum absolute atomic E-state index is 0.126. The molecule has 2 rings (SSSR count). The van der Waals surface area contributed by atoms with Crippen molar-refractivity contribution in [2.75, 3.05) is 5.32 Å². The van der Waals surface area contributed by atoms with Crippen LogP contribution in [0.25, 0.3) is 6.08 Å². The first-order valence-corrected chi connectivity index (χ1v) is 8.84. The van der Waals surface area contributed by atoms with Gasteiger partial charge in [0.05, 0.1) is 17.3 Å². The van der Waals surface area contributed by atoms with Crippen LogP contribution in [0.5, 0.6) is 0 Å². The zero-order valence-corrected chi connectivity index (χ0v) is 16.0. The highest BCUT2D eigenvalue weighted by molar-refractivity contribution is 7.14. The number of hydrogen-bond acceptors (Lipinski definition) is 5. The molecule has 0 radical (unpaired) electrons. The lowest BCUT2D eigenvalue weighted by Gasteiger charge is -2.15. The van der Waals surface area contributed by atoms with E-state index in [0.717, 1.165) is 4.88 Å². The molecule has 0 aliphatic rings. The zero-order chi connectivity index (χ0) is 20.2. The van der Waals surface area contributed by atoms with Crippen molar-refractivity contribution < 1.29 is 9.59 Å². The Labute approximate surface area is 161 Å². The lowest BCUT2D eigenvalue weighted by molar-refractivity contribution is -0.112. The van der Waals surface area contributed by atoms with Crippen LogP contribution >= 0.6 is 11.3 Å². The number of thiophene rings is 1. The second-order valence-corrected chi connectivity index (χ2v) is 7.88. The Bertz CT molecular complexity index is 997. The molecule has 0 aliphatic carbocycles. The summed E-state index contributed by atoms with van der Waals surface area (Å²) in [6, 6.07) is 12.0. The van der Waals surface area contributed by atoms with E-state index in [0.29, 0.717) is 16.8 Å². The summed E-state index contributed by atoms with van der Waals surface area (Å²) in [7, 11) is 0. The number of anilines is 1. The molecule has 0 unspecified atom stereocenters. The number of nitriles is 2. The molecule has 1 aromatic carbocycles. The highest BCUT2D eigenvalue weighted by Gasteiger charge is 2.23. The van der Waals surface area contributed by atoms with E-state index < -0.39 is 11.8 Å². The van der Waals surface area contributed by atoms with Gasteiger partial charge in [-0.2, -0.15) is 10.5 Å². The molecule has 27 heavy (non-hydrogen) atoms. The molecule has 2 amide bonds. The lowest BCUT2D eigenvalue weighted by Crippen LogP contribution is -2.17. The molecule has 1 aromatic heterocycles. The van der Waals surface area contributed by atoms with Crippen molar-refractivity contribution in [1.29, 1.82) is 10.5 Å². The van der Waals surface area contributed by atoms with E-state index in [1.165, 1.54) is 17.4 Å². The number of nitrogens with two attached hydrogens (primary N) is 1. The van der Waals surface area contributed by atoms with Crippen molar-refractivity contribution in [2.24, 2.45) is 5.73 Å². The maximum Gasteiger partial charge on any atom is 0.266 e. The van der Waals surface area contributed by atoms with Crippen LogP contribution in [-0.4, -0.2) is 11.8 Å². The molecule has 6 nitrogen and oxygen atoms in total. The van der Waals surface area contributed by atoms with Crippen molar-refractivity contribution in [3.05, 3.63) is 56.8 Å². The third-order valence-electron chi connectivity index (χ3n) is 3.66. The van der Waals surface area contributed by atoms with Crippen LogP contribution in [-0.2, 0) is 10.2 Å². The van der Waals surface area contributed by atoms with E-state index >= 15 is 0 Å². The van der Waals surface area contributed by atoms with Gasteiger partial charge in [-0.15, -0.1) is 11.3 Å². The Morgan fingerprint density at radius 3 is 2.30 bits per heavy atom. The van der Waals surface area contributed by atoms with Gasteiger partial charge in [0.1, 0.15) is 16.5 Å². The van der Waals surface area contributed by atoms with Crippen molar-refractivity contribution >= 4 is 34.9 Å². The summed E-state index contributed by atoms with van der Waals surface area (Å²) < 4.78 is 0. The molecule has 1 heterocycles. The van der Waals surface area contributed by atoms with E-state index in [1.807, 2.05) is 32.9 Å². The lowest BCUT2D eigenvalue weighted by atomic mass is 9.94. The number of nitrogens with zero attached hydrogens (tertiary/aromatic N) is 2. The van der Waals surface area contributed by atoms with Crippen LogP contribution in [0.15, 0.2) is 35.9 Å². The largest absolute Gasteiger partial charge is 0.365 e. The fraction of sp³-hybridized carbons (Fsp3) is 0.200. The van der Waals surface area contributed by atoms with Gasteiger partial charge in [-0.05, 0) is 35.3 Å². The van der Waals surface area contributed by atoms with Gasteiger partial charge in [-0.1, -0.05) is 32.9 Å². The van der Waals surface area contributed by atoms with Crippen molar-refractivity contribution in [2.45, 2.75) is 26.2 Å². The van der Waals surface area contributed by atoms with E-state index in [1.54, 1.807) is 30.3 Å². The Balaban J connectivity index is 2.33. The predicted octanol–water partition coefficient (Wildman–Crippen LogP) is 3.56. The SMILES string of the molecule is CC(C)(C)c1cc(NC(=O)C(C#N)=Cc2ccc(C#N)cc2)c(C(N)=O)s1. The van der Waals surface area contributed by atoms with Gasteiger partial charge in [0.15, 0.2) is 0 Å². The van der Waals surface area contributed by atoms with Crippen LogP contribution in [0.4, 0.5) is 5.69 Å². The van der Waals surface area contributed by atoms with Gasteiger partial charge in [0.25, 0.3) is 11.8 Å². The molecule has 0 spiro atoms. The molecular formula is C20H18N4O2S. The smallest absolute Gasteiger partial charge is 0.266 e. The van der Waals surface area contributed by atoms with E-state index in [2.05, 4.69) is 5.32 Å². The molecule has 3 N–H and O–H groups in total. The summed E-state index contributed by atoms with van der Waals surface area (Å²) in [5.41, 5.74) is 6.46. The van der Waals surface area contributed by atoms with Crippen molar-refractivity contribution in [3.8, 4) is 12.1 Å². The molecule has 136 valence electrons. The van der Waals surface area contributed by atoms with Gasteiger partial charge in [-0.3, -0.25) is 9.59 Å². The normalized spacial score (nSPS) is 11.4. The van der Waals surface area contributed by atoms with Crippen molar-refractivity contribution in [3.63, 3.8) is 0 Å². The molecule has 0 saturated carbocycles. The fourth-order valence-corrected chi connectivity index (χ4v) is 3.22. The van der Waals surface area contributed by atoms with Gasteiger partial charge in [0.2, 0.25) is 0 Å². The van der Waals surface area contributed by atoms with E-state index in [9.17, 15) is 14.9 Å². The summed E-state index contributed by atoms with van der Waals surface area (Å²) in [5.74, 6) is -1.28. The quantitative estimate of drug-likeness (QED) is 0.624. The topological polar surface area (TPSA) is 120 Å². The highest BCUT2D eigenvalue weighted by Crippen LogP contribution is 2.35. The Morgan fingerprint density at radius 1 is 1.19 bits per heavy atom. The van der Waals surface area contributed by atoms with Crippen LogP contribution in [0, 0.1) is 22.7 Å². The number of carbonyl (C=O) groups excluding carboxylic acids is 2. The number of rotatable bonds is 4. The van der Waals surface area contributed by atoms with E-state index in [-0.39, 0.29) is 15.9 Å². The van der Waals surface area contributed by atoms with Crippen LogP contribution in [0.1, 0.15) is 46.4 Å². The number of benzene rings is 1. The van der Waals surface area contributed by atoms with Crippen molar-refractivity contribution in [1.82, 2.24) is 0 Å². The summed E-state index contributed by atoms with van der Waals surface area (Å²) in [5, 5.41) is 20.8. The Kier molecular flexibility index (Phi) is 5.79. The summed E-state index contributed by atoms with van der Waals surface area (Å²) in [4.78, 5) is 25.3. The maximum absolute atomic E-state index is 12.5. The van der Waals surface area contributed by atoms with Crippen LogP contribution in [0.2, 0.25) is 0 Å². The first-order valence-electron chi connectivity index (χ1n) is 8.03. The summed E-state index contributed by atoms with van der Waals surface area (Å²) >= 11 is 1.22. The third kappa shape index (κ3) is 4.81. The maximum atomic E-state index is 12.5. The molecule has 2 aromatic rings. The number of primary amides is 1. The molecular weight excluding hydrogens is 360 g/mol. The van der Waals surface area contributed by atoms with Gasteiger partial charge in [0, 0.05) is 4.88 Å². The fourth-order valence-electron chi connectivity index (χ4n) is 2.20. The number of amides is 2. The monoisotopic (exact) mass is 378 g/mol. The second kappa shape index (κ2) is 7.86. The first kappa shape index (κ1) is 19.9. The number of carbonyl (C=O) groups is 2. The summed E-state index contributed by atoms with van der Waals surface area (Å²) in [6.07, 6.45) is 1.41. The van der Waals surface area contributed by atoms with E-state index in [4.69, 9.17) is 11.0 Å². The number of hydrogen-bond donors (Lipinski definition) is 2. The standard InChI is InChI=1S/C20H18N4O2S/c1-20(2,3)16-9-15(17(27-16)18(23)25)24-19(26)14(11-22)8-12-4-6-13(10-21)7-5-12/h4-9H,1-3H3,(H2,23,25)(H,24,26). The molecule has 0 atom stereocenters. The minimum Gasteiger partial charge on any atom is -0.365 e. The molecule has 0 fully saturated rings. The first-order chi connectivity index (χ1) is 12.7. The molecule has 0 aliphatic heterocycles. The van der Waals surface area contributed by atoms with Crippen LogP contribution in [0.3, 0.4) is 0 Å². The average molecular weight is 378 g/mol. The molecule has 0 bridgehead atoms. The van der Waals surface area contributed by atoms with Gasteiger partial charge >= 0.3 is 0 Å². The zero-order valence-electron chi connectivity index (χ0n) is 15.2. The third-order valence-corrected chi connectivity index (χ3v) is 5.23. The van der Waals surface area contributed by atoms with Gasteiger partial charge < -0.3 is 11.1 Å². The highest BCUT2D eigenvalue weighted by atomic mass is 32.1.